The number of benzene rings is 2. The molecular weight excluding hydrogens is 394 g/mol. The number of aromatic nitrogens is 1. The second-order valence-corrected chi connectivity index (χ2v) is 8.72. The van der Waals surface area contributed by atoms with Crippen LogP contribution in [-0.4, -0.2) is 44.2 Å². The van der Waals surface area contributed by atoms with Gasteiger partial charge in [0, 0.05) is 5.56 Å². The van der Waals surface area contributed by atoms with E-state index in [0.717, 1.165) is 63.0 Å². The van der Waals surface area contributed by atoms with Crippen LogP contribution in [0.5, 0.6) is 5.75 Å². The molecule has 3 rings (SSSR count). The Kier molecular flexibility index (Phi) is 7.10. The van der Waals surface area contributed by atoms with E-state index in [1.54, 1.807) is 18.4 Å². The van der Waals surface area contributed by atoms with Crippen molar-refractivity contribution < 1.29 is 14.4 Å². The second-order valence-electron chi connectivity index (χ2n) is 7.74. The molecule has 0 spiro atoms. The van der Waals surface area contributed by atoms with Gasteiger partial charge in [-0.25, -0.2) is 4.98 Å². The van der Waals surface area contributed by atoms with Crippen LogP contribution in [-0.2, 0) is 0 Å². The quantitative estimate of drug-likeness (QED) is 0.596. The Morgan fingerprint density at radius 2 is 1.80 bits per heavy atom. The zero-order valence-corrected chi connectivity index (χ0v) is 19.7. The molecule has 0 aliphatic heterocycles. The molecule has 6 heteroatoms. The fraction of sp³-hybridized carbons (Fsp3) is 0.417. The first-order valence-electron chi connectivity index (χ1n) is 10.6. The van der Waals surface area contributed by atoms with Gasteiger partial charge in [0.25, 0.3) is 5.91 Å². The minimum Gasteiger partial charge on any atom is -0.494 e. The minimum atomic E-state index is 0.0124. The van der Waals surface area contributed by atoms with Crippen LogP contribution in [0.4, 0.5) is 5.13 Å². The Morgan fingerprint density at radius 3 is 2.47 bits per heavy atom. The molecule has 0 unspecified atom stereocenters. The third-order valence-electron chi connectivity index (χ3n) is 5.70. The maximum Gasteiger partial charge on any atom is 0.260 e. The summed E-state index contributed by atoms with van der Waals surface area (Å²) in [6, 6.07) is 10.0. The molecule has 30 heavy (non-hydrogen) atoms. The van der Waals surface area contributed by atoms with Crippen molar-refractivity contribution in [1.29, 1.82) is 0 Å². The summed E-state index contributed by atoms with van der Waals surface area (Å²) in [4.78, 5) is 21.9. The molecule has 0 atom stereocenters. The molecule has 5 nitrogen and oxygen atoms in total. The standard InChI is InChI=1S/C24H31N3O2S/c1-7-26(8-2)13-14-27(23(28)19-15-16(3)9-10-17(19)4)24-25-21-20(29-6)12-11-18(5)22(21)30-24/h9-12,15H,7-8,13-14H2,1-6H3/p+1. The number of fused-ring (bicyclic) bond motifs is 1. The van der Waals surface area contributed by atoms with Crippen LogP contribution >= 0.6 is 11.3 Å². The summed E-state index contributed by atoms with van der Waals surface area (Å²) in [6.45, 7) is 14.0. The number of carbonyl (C=O) groups is 1. The third kappa shape index (κ3) is 4.50. The fourth-order valence-electron chi connectivity index (χ4n) is 3.65. The van der Waals surface area contributed by atoms with Gasteiger partial charge in [0.05, 0.1) is 38.0 Å². The highest BCUT2D eigenvalue weighted by Crippen LogP contribution is 2.36. The molecule has 160 valence electrons. The largest absolute Gasteiger partial charge is 0.494 e. The Hall–Kier alpha value is -2.44. The summed E-state index contributed by atoms with van der Waals surface area (Å²) in [5, 5.41) is 0.732. The van der Waals surface area contributed by atoms with Gasteiger partial charge in [0.1, 0.15) is 11.3 Å². The predicted molar refractivity (Wildman–Crippen MR) is 125 cm³/mol. The number of hydrogen-bond donors (Lipinski definition) is 1. The average molecular weight is 427 g/mol. The number of likely N-dealkylation sites (N-methyl/N-ethyl adjacent to an activating group) is 1. The molecule has 0 fully saturated rings. The Balaban J connectivity index is 2.07. The molecule has 0 saturated carbocycles. The number of methoxy groups -OCH3 is 1. The van der Waals surface area contributed by atoms with Gasteiger partial charge in [0.15, 0.2) is 5.13 Å². The number of thiazole rings is 1. The zero-order chi connectivity index (χ0) is 21.8. The van der Waals surface area contributed by atoms with E-state index in [4.69, 9.17) is 9.72 Å². The summed E-state index contributed by atoms with van der Waals surface area (Å²) in [5.41, 5.74) is 4.78. The minimum absolute atomic E-state index is 0.0124. The topological polar surface area (TPSA) is 46.9 Å². The lowest BCUT2D eigenvalue weighted by atomic mass is 10.0. The molecule has 1 N–H and O–H groups in total. The predicted octanol–water partition coefficient (Wildman–Crippen LogP) is 3.80. The molecule has 0 radical (unpaired) electrons. The first kappa shape index (κ1) is 22.2. The van der Waals surface area contributed by atoms with E-state index in [-0.39, 0.29) is 5.91 Å². The Labute approximate surface area is 183 Å². The fourth-order valence-corrected chi connectivity index (χ4v) is 4.72. The van der Waals surface area contributed by atoms with Crippen LogP contribution in [0.15, 0.2) is 30.3 Å². The van der Waals surface area contributed by atoms with Crippen molar-refractivity contribution in [2.75, 3.05) is 38.2 Å². The molecule has 1 aromatic heterocycles. The lowest BCUT2D eigenvalue weighted by Crippen LogP contribution is -3.12. The van der Waals surface area contributed by atoms with Gasteiger partial charge >= 0.3 is 0 Å². The number of aryl methyl sites for hydroxylation is 3. The number of rotatable bonds is 8. The van der Waals surface area contributed by atoms with Crippen LogP contribution in [0.3, 0.4) is 0 Å². The molecule has 1 heterocycles. The van der Waals surface area contributed by atoms with Crippen molar-refractivity contribution in [2.45, 2.75) is 34.6 Å². The highest BCUT2D eigenvalue weighted by Gasteiger charge is 2.25. The number of nitrogens with zero attached hydrogens (tertiary/aromatic N) is 2. The maximum atomic E-state index is 13.7. The van der Waals surface area contributed by atoms with E-state index in [1.165, 1.54) is 4.90 Å². The SMILES string of the molecule is CC[NH+](CC)CCN(C(=O)c1cc(C)ccc1C)c1nc2c(OC)ccc(C)c2s1. The van der Waals surface area contributed by atoms with Crippen LogP contribution in [0.25, 0.3) is 10.2 Å². The number of amides is 1. The van der Waals surface area contributed by atoms with Crippen molar-refractivity contribution in [3.8, 4) is 5.75 Å². The molecule has 1 amide bonds. The van der Waals surface area contributed by atoms with E-state index in [2.05, 4.69) is 20.8 Å². The molecule has 2 aromatic carbocycles. The van der Waals surface area contributed by atoms with Gasteiger partial charge in [-0.2, -0.15) is 0 Å². The van der Waals surface area contributed by atoms with Crippen LogP contribution < -0.4 is 14.5 Å². The number of quaternary nitrogens is 1. The van der Waals surface area contributed by atoms with Gasteiger partial charge in [-0.15, -0.1) is 0 Å². The van der Waals surface area contributed by atoms with Crippen LogP contribution in [0.1, 0.15) is 40.9 Å². The Morgan fingerprint density at radius 1 is 1.10 bits per heavy atom. The lowest BCUT2D eigenvalue weighted by molar-refractivity contribution is -0.894. The zero-order valence-electron chi connectivity index (χ0n) is 18.8. The van der Waals surface area contributed by atoms with Crippen LogP contribution in [0, 0.1) is 20.8 Å². The molecule has 3 aromatic rings. The van der Waals surface area contributed by atoms with Gasteiger partial charge in [-0.05, 0) is 57.9 Å². The van der Waals surface area contributed by atoms with Crippen molar-refractivity contribution in [3.63, 3.8) is 0 Å². The average Bonchev–Trinajstić information content (AvgIpc) is 3.19. The van der Waals surface area contributed by atoms with Crippen molar-refractivity contribution in [2.24, 2.45) is 0 Å². The highest BCUT2D eigenvalue weighted by molar-refractivity contribution is 7.22. The summed E-state index contributed by atoms with van der Waals surface area (Å²) < 4.78 is 6.59. The van der Waals surface area contributed by atoms with Crippen LogP contribution in [0.2, 0.25) is 0 Å². The molecule has 0 aliphatic rings. The smallest absolute Gasteiger partial charge is 0.260 e. The molecular formula is C24H32N3O2S+. The first-order chi connectivity index (χ1) is 14.4. The summed E-state index contributed by atoms with van der Waals surface area (Å²) in [5.74, 6) is 0.755. The monoisotopic (exact) mass is 426 g/mol. The highest BCUT2D eigenvalue weighted by atomic mass is 32.1. The molecule has 0 bridgehead atoms. The maximum absolute atomic E-state index is 13.7. The molecule has 0 saturated heterocycles. The van der Waals surface area contributed by atoms with E-state index in [0.29, 0.717) is 6.54 Å². The first-order valence-corrected chi connectivity index (χ1v) is 11.4. The van der Waals surface area contributed by atoms with E-state index < -0.39 is 0 Å². The number of ether oxygens (including phenoxy) is 1. The van der Waals surface area contributed by atoms with Gasteiger partial charge in [-0.1, -0.05) is 35.1 Å². The van der Waals surface area contributed by atoms with Gasteiger partial charge in [-0.3, -0.25) is 9.69 Å². The Bertz CT molecular complexity index is 1040. The second kappa shape index (κ2) is 9.58. The normalized spacial score (nSPS) is 11.3. The summed E-state index contributed by atoms with van der Waals surface area (Å²) >= 11 is 1.57. The number of carbonyl (C=O) groups excluding carboxylic acids is 1. The lowest BCUT2D eigenvalue weighted by Gasteiger charge is -2.23. The van der Waals surface area contributed by atoms with E-state index >= 15 is 0 Å². The summed E-state index contributed by atoms with van der Waals surface area (Å²) in [6.07, 6.45) is 0. The van der Waals surface area contributed by atoms with Crippen molar-refractivity contribution in [1.82, 2.24) is 4.98 Å². The van der Waals surface area contributed by atoms with E-state index in [1.807, 2.05) is 49.1 Å². The molecule has 0 aliphatic carbocycles. The number of hydrogen-bond acceptors (Lipinski definition) is 4. The number of nitrogens with one attached hydrogen (secondary N) is 1. The van der Waals surface area contributed by atoms with Crippen molar-refractivity contribution >= 4 is 32.6 Å². The van der Waals surface area contributed by atoms with E-state index in [9.17, 15) is 4.79 Å². The van der Waals surface area contributed by atoms with Gasteiger partial charge < -0.3 is 9.64 Å². The van der Waals surface area contributed by atoms with Gasteiger partial charge in [0.2, 0.25) is 0 Å². The number of anilines is 1. The summed E-state index contributed by atoms with van der Waals surface area (Å²) in [7, 11) is 1.66. The van der Waals surface area contributed by atoms with Crippen molar-refractivity contribution in [3.05, 3.63) is 52.6 Å². The third-order valence-corrected chi connectivity index (χ3v) is 6.91.